The Hall–Kier alpha value is -2.63. The Morgan fingerprint density at radius 3 is 2.50 bits per heavy atom. The first-order valence-electron chi connectivity index (χ1n) is 8.99. The van der Waals surface area contributed by atoms with Gasteiger partial charge in [-0.25, -0.2) is 4.68 Å². The fraction of sp³-hybridized carbons (Fsp3) is 0.450. The van der Waals surface area contributed by atoms with Crippen molar-refractivity contribution < 1.29 is 14.7 Å². The predicted octanol–water partition coefficient (Wildman–Crippen LogP) is 3.25. The quantitative estimate of drug-likeness (QED) is 0.882. The SMILES string of the molecule is Cc1cc(C)n(-c2ccc(C(=O)NC3(C)CCCCC3C(=O)O)cc2)n1. The van der Waals surface area contributed by atoms with Crippen LogP contribution in [0, 0.1) is 19.8 Å². The first-order valence-corrected chi connectivity index (χ1v) is 8.99. The molecular weight excluding hydrogens is 330 g/mol. The van der Waals surface area contributed by atoms with Gasteiger partial charge in [0.05, 0.1) is 22.8 Å². The van der Waals surface area contributed by atoms with Gasteiger partial charge in [-0.05, 0) is 63.9 Å². The lowest BCUT2D eigenvalue weighted by Gasteiger charge is -2.39. The van der Waals surface area contributed by atoms with Crippen LogP contribution in [-0.4, -0.2) is 32.3 Å². The van der Waals surface area contributed by atoms with E-state index in [4.69, 9.17) is 0 Å². The molecule has 1 heterocycles. The fourth-order valence-corrected chi connectivity index (χ4v) is 3.85. The number of aryl methyl sites for hydroxylation is 2. The molecule has 2 N–H and O–H groups in total. The fourth-order valence-electron chi connectivity index (χ4n) is 3.85. The van der Waals surface area contributed by atoms with E-state index in [-0.39, 0.29) is 5.91 Å². The summed E-state index contributed by atoms with van der Waals surface area (Å²) in [4.78, 5) is 24.2. The van der Waals surface area contributed by atoms with E-state index >= 15 is 0 Å². The maximum atomic E-state index is 12.7. The third kappa shape index (κ3) is 3.49. The van der Waals surface area contributed by atoms with E-state index in [9.17, 15) is 14.7 Å². The van der Waals surface area contributed by atoms with Crippen LogP contribution in [0.2, 0.25) is 0 Å². The molecule has 0 spiro atoms. The normalized spacial score (nSPS) is 22.8. The molecule has 0 aliphatic heterocycles. The lowest BCUT2D eigenvalue weighted by atomic mass is 9.73. The molecule has 1 fully saturated rings. The summed E-state index contributed by atoms with van der Waals surface area (Å²) < 4.78 is 1.83. The number of carbonyl (C=O) groups is 2. The van der Waals surface area contributed by atoms with Crippen molar-refractivity contribution in [1.82, 2.24) is 15.1 Å². The van der Waals surface area contributed by atoms with Crippen molar-refractivity contribution >= 4 is 11.9 Å². The van der Waals surface area contributed by atoms with Gasteiger partial charge in [-0.3, -0.25) is 9.59 Å². The summed E-state index contributed by atoms with van der Waals surface area (Å²) in [6.45, 7) is 5.76. The zero-order valence-corrected chi connectivity index (χ0v) is 15.5. The van der Waals surface area contributed by atoms with Gasteiger partial charge >= 0.3 is 5.97 Å². The monoisotopic (exact) mass is 355 g/mol. The zero-order valence-electron chi connectivity index (χ0n) is 15.5. The number of rotatable bonds is 4. The van der Waals surface area contributed by atoms with Gasteiger partial charge in [0.25, 0.3) is 5.91 Å². The van der Waals surface area contributed by atoms with Crippen molar-refractivity contribution in [3.8, 4) is 5.69 Å². The van der Waals surface area contributed by atoms with Crippen LogP contribution < -0.4 is 5.32 Å². The van der Waals surface area contributed by atoms with Crippen molar-refractivity contribution in [1.29, 1.82) is 0 Å². The molecule has 1 aliphatic carbocycles. The van der Waals surface area contributed by atoms with Crippen LogP contribution in [0.15, 0.2) is 30.3 Å². The molecule has 3 rings (SSSR count). The number of nitrogens with one attached hydrogen (secondary N) is 1. The Bertz CT molecular complexity index is 825. The Labute approximate surface area is 153 Å². The highest BCUT2D eigenvalue weighted by Crippen LogP contribution is 2.34. The third-order valence-corrected chi connectivity index (χ3v) is 5.29. The highest BCUT2D eigenvalue weighted by molar-refractivity contribution is 5.95. The number of aromatic nitrogens is 2. The van der Waals surface area contributed by atoms with Crippen molar-refractivity contribution in [2.24, 2.45) is 5.92 Å². The summed E-state index contributed by atoms with van der Waals surface area (Å²) in [6, 6.07) is 9.21. The van der Waals surface area contributed by atoms with E-state index < -0.39 is 17.4 Å². The molecule has 2 aromatic rings. The van der Waals surface area contributed by atoms with Crippen LogP contribution >= 0.6 is 0 Å². The second-order valence-corrected chi connectivity index (χ2v) is 7.39. The summed E-state index contributed by atoms with van der Waals surface area (Å²) in [7, 11) is 0. The minimum absolute atomic E-state index is 0.236. The molecule has 0 radical (unpaired) electrons. The standard InChI is InChI=1S/C20H25N3O3/c1-13-12-14(2)23(22-13)16-9-7-15(8-10-16)18(24)21-20(3)11-5-4-6-17(20)19(25)26/h7-10,12,17H,4-6,11H2,1-3H3,(H,21,24)(H,25,26). The largest absolute Gasteiger partial charge is 0.481 e. The first-order chi connectivity index (χ1) is 12.3. The van der Waals surface area contributed by atoms with Crippen LogP contribution in [0.25, 0.3) is 5.69 Å². The minimum atomic E-state index is -0.840. The summed E-state index contributed by atoms with van der Waals surface area (Å²) in [5, 5.41) is 16.9. The molecule has 6 heteroatoms. The van der Waals surface area contributed by atoms with Gasteiger partial charge in [0.1, 0.15) is 0 Å². The van der Waals surface area contributed by atoms with E-state index in [1.165, 1.54) is 0 Å². The average Bonchev–Trinajstić information content (AvgIpc) is 2.93. The number of carboxylic acid groups (broad SMARTS) is 1. The number of aliphatic carboxylic acids is 1. The summed E-state index contributed by atoms with van der Waals surface area (Å²) >= 11 is 0. The van der Waals surface area contributed by atoms with Gasteiger partial charge < -0.3 is 10.4 Å². The van der Waals surface area contributed by atoms with Gasteiger partial charge in [-0.2, -0.15) is 5.10 Å². The van der Waals surface area contributed by atoms with Crippen LogP contribution in [0.4, 0.5) is 0 Å². The van der Waals surface area contributed by atoms with Crippen LogP contribution in [-0.2, 0) is 4.79 Å². The minimum Gasteiger partial charge on any atom is -0.481 e. The molecule has 0 saturated heterocycles. The van der Waals surface area contributed by atoms with Crippen LogP contribution in [0.1, 0.15) is 54.4 Å². The molecule has 1 aliphatic rings. The number of hydrogen-bond donors (Lipinski definition) is 2. The van der Waals surface area contributed by atoms with Gasteiger partial charge in [-0.1, -0.05) is 12.8 Å². The molecule has 1 aromatic heterocycles. The van der Waals surface area contributed by atoms with Gasteiger partial charge in [-0.15, -0.1) is 0 Å². The number of benzene rings is 1. The average molecular weight is 355 g/mol. The van der Waals surface area contributed by atoms with Crippen LogP contribution in [0.5, 0.6) is 0 Å². The molecule has 2 atom stereocenters. The Morgan fingerprint density at radius 2 is 1.92 bits per heavy atom. The van der Waals surface area contributed by atoms with Gasteiger partial charge in [0, 0.05) is 11.3 Å². The van der Waals surface area contributed by atoms with Crippen molar-refractivity contribution in [2.75, 3.05) is 0 Å². The molecule has 1 amide bonds. The highest BCUT2D eigenvalue weighted by atomic mass is 16.4. The van der Waals surface area contributed by atoms with E-state index in [0.29, 0.717) is 18.4 Å². The number of carbonyl (C=O) groups excluding carboxylic acids is 1. The molecular formula is C20H25N3O3. The van der Waals surface area contributed by atoms with Crippen molar-refractivity contribution in [2.45, 2.75) is 52.0 Å². The van der Waals surface area contributed by atoms with E-state index in [0.717, 1.165) is 29.9 Å². The van der Waals surface area contributed by atoms with E-state index in [1.807, 2.05) is 43.7 Å². The second kappa shape index (κ2) is 6.94. The maximum Gasteiger partial charge on any atom is 0.308 e. The first kappa shape index (κ1) is 18.2. The molecule has 1 aromatic carbocycles. The molecule has 2 unspecified atom stereocenters. The molecule has 26 heavy (non-hydrogen) atoms. The Morgan fingerprint density at radius 1 is 1.23 bits per heavy atom. The van der Waals surface area contributed by atoms with Crippen molar-refractivity contribution in [3.05, 3.63) is 47.3 Å². The lowest BCUT2D eigenvalue weighted by Crippen LogP contribution is -2.55. The van der Waals surface area contributed by atoms with Crippen molar-refractivity contribution in [3.63, 3.8) is 0 Å². The summed E-state index contributed by atoms with van der Waals surface area (Å²) in [6.07, 6.45) is 3.10. The molecule has 0 bridgehead atoms. The molecule has 138 valence electrons. The number of nitrogens with zero attached hydrogens (tertiary/aromatic N) is 2. The summed E-state index contributed by atoms with van der Waals surface area (Å²) in [5.41, 5.74) is 2.66. The second-order valence-electron chi connectivity index (χ2n) is 7.39. The van der Waals surface area contributed by atoms with E-state index in [2.05, 4.69) is 10.4 Å². The van der Waals surface area contributed by atoms with Gasteiger partial charge in [0.15, 0.2) is 0 Å². The highest BCUT2D eigenvalue weighted by Gasteiger charge is 2.42. The smallest absolute Gasteiger partial charge is 0.308 e. The Balaban J connectivity index is 1.78. The lowest BCUT2D eigenvalue weighted by molar-refractivity contribution is -0.145. The number of amides is 1. The molecule has 6 nitrogen and oxygen atoms in total. The number of hydrogen-bond acceptors (Lipinski definition) is 3. The zero-order chi connectivity index (χ0) is 18.9. The molecule has 1 saturated carbocycles. The number of carboxylic acids is 1. The summed E-state index contributed by atoms with van der Waals surface area (Å²) in [5.74, 6) is -1.62. The Kier molecular flexibility index (Phi) is 4.85. The maximum absolute atomic E-state index is 12.7. The van der Waals surface area contributed by atoms with Gasteiger partial charge in [0.2, 0.25) is 0 Å². The topological polar surface area (TPSA) is 84.2 Å². The van der Waals surface area contributed by atoms with Crippen LogP contribution in [0.3, 0.4) is 0 Å². The third-order valence-electron chi connectivity index (χ3n) is 5.29. The van der Waals surface area contributed by atoms with E-state index in [1.54, 1.807) is 12.1 Å². The predicted molar refractivity (Wildman–Crippen MR) is 98.5 cm³/mol.